The summed E-state index contributed by atoms with van der Waals surface area (Å²) in [6, 6.07) is 0. The number of carbonyl (C=O) groups excluding carboxylic acids is 2. The van der Waals surface area contributed by atoms with Gasteiger partial charge in [0.25, 0.3) is 0 Å². The maximum atomic E-state index is 11.0. The van der Waals surface area contributed by atoms with Crippen molar-refractivity contribution in [2.45, 2.75) is 26.4 Å². The SMILES string of the molecule is CCOC(C)(C)CN1CC(=O)OC(=O)C1. The van der Waals surface area contributed by atoms with Crippen LogP contribution in [0.1, 0.15) is 20.8 Å². The van der Waals surface area contributed by atoms with E-state index in [0.29, 0.717) is 13.2 Å². The molecule has 1 heterocycles. The van der Waals surface area contributed by atoms with Gasteiger partial charge in [0.1, 0.15) is 0 Å². The summed E-state index contributed by atoms with van der Waals surface area (Å²) in [5.41, 5.74) is -0.355. The number of cyclic esters (lactones) is 2. The van der Waals surface area contributed by atoms with Gasteiger partial charge >= 0.3 is 11.9 Å². The summed E-state index contributed by atoms with van der Waals surface area (Å²) in [6.45, 7) is 7.24. The monoisotopic (exact) mass is 215 g/mol. The molecule has 15 heavy (non-hydrogen) atoms. The van der Waals surface area contributed by atoms with Gasteiger partial charge in [-0.15, -0.1) is 0 Å². The number of carbonyl (C=O) groups is 2. The highest BCUT2D eigenvalue weighted by Crippen LogP contribution is 2.13. The van der Waals surface area contributed by atoms with Gasteiger partial charge in [-0.05, 0) is 20.8 Å². The lowest BCUT2D eigenvalue weighted by molar-refractivity contribution is -0.168. The molecule has 1 aliphatic rings. The van der Waals surface area contributed by atoms with Gasteiger partial charge in [0.2, 0.25) is 0 Å². The normalized spacial score (nSPS) is 19.1. The molecule has 1 fully saturated rings. The van der Waals surface area contributed by atoms with Gasteiger partial charge < -0.3 is 9.47 Å². The summed E-state index contributed by atoms with van der Waals surface area (Å²) in [4.78, 5) is 23.7. The first-order valence-electron chi connectivity index (χ1n) is 5.03. The minimum atomic E-state index is -0.487. The molecule has 0 atom stereocenters. The molecule has 0 aromatic rings. The summed E-state index contributed by atoms with van der Waals surface area (Å²) in [5, 5.41) is 0. The van der Waals surface area contributed by atoms with Crippen molar-refractivity contribution in [3.05, 3.63) is 0 Å². The number of rotatable bonds is 4. The molecule has 0 bridgehead atoms. The second-order valence-corrected chi connectivity index (χ2v) is 4.18. The van der Waals surface area contributed by atoms with Crippen LogP contribution in [0.5, 0.6) is 0 Å². The first-order valence-corrected chi connectivity index (χ1v) is 5.03. The average molecular weight is 215 g/mol. The molecule has 1 saturated heterocycles. The zero-order chi connectivity index (χ0) is 11.5. The van der Waals surface area contributed by atoms with Crippen molar-refractivity contribution < 1.29 is 19.1 Å². The molecule has 0 amide bonds. The van der Waals surface area contributed by atoms with E-state index in [-0.39, 0.29) is 18.7 Å². The largest absolute Gasteiger partial charge is 0.391 e. The predicted octanol–water partition coefficient (Wildman–Crippen LogP) is 0.187. The van der Waals surface area contributed by atoms with Crippen LogP contribution in [0, 0.1) is 0 Å². The van der Waals surface area contributed by atoms with Crippen molar-refractivity contribution in [2.24, 2.45) is 0 Å². The van der Waals surface area contributed by atoms with Crippen LogP contribution < -0.4 is 0 Å². The van der Waals surface area contributed by atoms with Crippen molar-refractivity contribution in [1.29, 1.82) is 0 Å². The molecule has 86 valence electrons. The quantitative estimate of drug-likeness (QED) is 0.495. The smallest absolute Gasteiger partial charge is 0.327 e. The summed E-state index contributed by atoms with van der Waals surface area (Å²) in [5.74, 6) is -0.975. The Morgan fingerprint density at radius 2 is 1.87 bits per heavy atom. The van der Waals surface area contributed by atoms with Crippen LogP contribution in [0.15, 0.2) is 0 Å². The maximum Gasteiger partial charge on any atom is 0.327 e. The van der Waals surface area contributed by atoms with Gasteiger partial charge in [-0.1, -0.05) is 0 Å². The highest BCUT2D eigenvalue weighted by molar-refractivity contribution is 5.90. The zero-order valence-electron chi connectivity index (χ0n) is 9.41. The Hall–Kier alpha value is -0.940. The van der Waals surface area contributed by atoms with Crippen LogP contribution >= 0.6 is 0 Å². The van der Waals surface area contributed by atoms with E-state index in [9.17, 15) is 9.59 Å². The Kier molecular flexibility index (Phi) is 3.82. The molecular weight excluding hydrogens is 198 g/mol. The van der Waals surface area contributed by atoms with E-state index in [1.807, 2.05) is 20.8 Å². The lowest BCUT2D eigenvalue weighted by Gasteiger charge is -2.32. The van der Waals surface area contributed by atoms with E-state index < -0.39 is 11.9 Å². The van der Waals surface area contributed by atoms with Crippen LogP contribution in [0.3, 0.4) is 0 Å². The topological polar surface area (TPSA) is 55.8 Å². The number of hydrogen-bond acceptors (Lipinski definition) is 5. The first kappa shape index (κ1) is 12.1. The van der Waals surface area contributed by atoms with E-state index in [2.05, 4.69) is 4.74 Å². The van der Waals surface area contributed by atoms with Crippen LogP contribution in [0.2, 0.25) is 0 Å². The molecule has 0 aliphatic carbocycles. The molecule has 1 rings (SSSR count). The number of nitrogens with zero attached hydrogens (tertiary/aromatic N) is 1. The highest BCUT2D eigenvalue weighted by Gasteiger charge is 2.29. The molecule has 0 spiro atoms. The second-order valence-electron chi connectivity index (χ2n) is 4.18. The van der Waals surface area contributed by atoms with Crippen molar-refractivity contribution >= 4 is 11.9 Å². The third-order valence-corrected chi connectivity index (χ3v) is 2.07. The van der Waals surface area contributed by atoms with Crippen LogP contribution in [0.25, 0.3) is 0 Å². The van der Waals surface area contributed by atoms with E-state index in [1.165, 1.54) is 0 Å². The third kappa shape index (κ3) is 3.97. The van der Waals surface area contributed by atoms with Gasteiger partial charge in [-0.3, -0.25) is 14.5 Å². The molecule has 0 aromatic heterocycles. The molecular formula is C10H17NO4. The summed E-state index contributed by atoms with van der Waals surface area (Å²) < 4.78 is 9.93. The standard InChI is InChI=1S/C10H17NO4/c1-4-14-10(2,3)7-11-5-8(12)15-9(13)6-11/h4-7H2,1-3H3. The minimum absolute atomic E-state index is 0.155. The fourth-order valence-electron chi connectivity index (χ4n) is 1.70. The average Bonchev–Trinajstić information content (AvgIpc) is 1.99. The molecule has 0 N–H and O–H groups in total. The van der Waals surface area contributed by atoms with Gasteiger partial charge in [0.05, 0.1) is 18.7 Å². The van der Waals surface area contributed by atoms with Gasteiger partial charge in [-0.25, -0.2) is 0 Å². The first-order chi connectivity index (χ1) is 6.93. The van der Waals surface area contributed by atoms with Crippen molar-refractivity contribution in [3.8, 4) is 0 Å². The Bertz CT molecular complexity index is 246. The number of morpholine rings is 1. The van der Waals surface area contributed by atoms with E-state index in [1.54, 1.807) is 4.90 Å². The van der Waals surface area contributed by atoms with E-state index in [4.69, 9.17) is 4.74 Å². The minimum Gasteiger partial charge on any atom is -0.391 e. The van der Waals surface area contributed by atoms with Crippen LogP contribution in [-0.2, 0) is 19.1 Å². The van der Waals surface area contributed by atoms with E-state index in [0.717, 1.165) is 0 Å². The predicted molar refractivity (Wildman–Crippen MR) is 53.2 cm³/mol. The fraction of sp³-hybridized carbons (Fsp3) is 0.800. The Balaban J connectivity index is 2.50. The third-order valence-electron chi connectivity index (χ3n) is 2.07. The number of hydrogen-bond donors (Lipinski definition) is 0. The van der Waals surface area contributed by atoms with Crippen molar-refractivity contribution in [3.63, 3.8) is 0 Å². The molecule has 0 unspecified atom stereocenters. The molecule has 0 aromatic carbocycles. The fourth-order valence-corrected chi connectivity index (χ4v) is 1.70. The maximum absolute atomic E-state index is 11.0. The number of ether oxygens (including phenoxy) is 2. The Morgan fingerprint density at radius 1 is 1.33 bits per heavy atom. The molecule has 1 aliphatic heterocycles. The zero-order valence-corrected chi connectivity index (χ0v) is 9.41. The Labute approximate surface area is 89.3 Å². The Morgan fingerprint density at radius 3 is 2.33 bits per heavy atom. The van der Waals surface area contributed by atoms with Gasteiger partial charge in [0, 0.05) is 13.2 Å². The van der Waals surface area contributed by atoms with Crippen molar-refractivity contribution in [1.82, 2.24) is 4.90 Å². The number of esters is 2. The summed E-state index contributed by atoms with van der Waals surface area (Å²) in [6.07, 6.45) is 0. The van der Waals surface area contributed by atoms with Crippen molar-refractivity contribution in [2.75, 3.05) is 26.2 Å². The highest BCUT2D eigenvalue weighted by atomic mass is 16.6. The summed E-state index contributed by atoms with van der Waals surface area (Å²) >= 11 is 0. The molecule has 5 nitrogen and oxygen atoms in total. The second kappa shape index (κ2) is 4.72. The molecule has 0 radical (unpaired) electrons. The van der Waals surface area contributed by atoms with Crippen LogP contribution in [0.4, 0.5) is 0 Å². The lowest BCUT2D eigenvalue weighted by atomic mass is 10.1. The lowest BCUT2D eigenvalue weighted by Crippen LogP contribution is -2.49. The molecule has 5 heteroatoms. The van der Waals surface area contributed by atoms with E-state index >= 15 is 0 Å². The van der Waals surface area contributed by atoms with Gasteiger partial charge in [-0.2, -0.15) is 0 Å². The summed E-state index contributed by atoms with van der Waals surface area (Å²) in [7, 11) is 0. The van der Waals surface area contributed by atoms with Gasteiger partial charge in [0.15, 0.2) is 0 Å². The molecule has 0 saturated carbocycles. The van der Waals surface area contributed by atoms with Crippen LogP contribution in [-0.4, -0.2) is 48.7 Å².